The minimum absolute atomic E-state index is 0.0379. The summed E-state index contributed by atoms with van der Waals surface area (Å²) in [7, 11) is 0. The molecule has 1 aromatic carbocycles. The first-order valence-electron chi connectivity index (χ1n) is 6.95. The molecule has 0 saturated carbocycles. The van der Waals surface area contributed by atoms with Crippen LogP contribution < -0.4 is 10.9 Å². The Morgan fingerprint density at radius 2 is 1.95 bits per heavy atom. The zero-order chi connectivity index (χ0) is 14.7. The van der Waals surface area contributed by atoms with Crippen molar-refractivity contribution in [2.24, 2.45) is 0 Å². The molecule has 0 aliphatic rings. The minimum atomic E-state index is -0.0379. The molecule has 4 nitrogen and oxygen atoms in total. The van der Waals surface area contributed by atoms with Gasteiger partial charge in [0.05, 0.1) is 0 Å². The van der Waals surface area contributed by atoms with Crippen LogP contribution in [0.25, 0.3) is 10.9 Å². The number of nitrogens with one attached hydrogen (secondary N) is 2. The number of aromatic nitrogens is 2. The summed E-state index contributed by atoms with van der Waals surface area (Å²) in [5.41, 5.74) is 3.92. The van der Waals surface area contributed by atoms with Crippen molar-refractivity contribution in [3.63, 3.8) is 0 Å². The molecule has 0 saturated heterocycles. The Bertz CT molecular complexity index is 823. The van der Waals surface area contributed by atoms with Gasteiger partial charge in [0.15, 0.2) is 0 Å². The number of fused-ring (bicyclic) bond motifs is 1. The fourth-order valence-corrected chi connectivity index (χ4v) is 2.34. The van der Waals surface area contributed by atoms with Crippen molar-refractivity contribution >= 4 is 10.9 Å². The third kappa shape index (κ3) is 3.01. The summed E-state index contributed by atoms with van der Waals surface area (Å²) in [6.45, 7) is 3.29. The molecule has 0 spiro atoms. The Labute approximate surface area is 122 Å². The number of hydrogen-bond acceptors (Lipinski definition) is 3. The number of aryl methyl sites for hydroxylation is 1. The molecule has 2 N–H and O–H groups in total. The lowest BCUT2D eigenvalue weighted by Gasteiger charge is -2.07. The summed E-state index contributed by atoms with van der Waals surface area (Å²) in [6.07, 6.45) is 3.64. The largest absolute Gasteiger partial charge is 0.322 e. The molecule has 0 aliphatic heterocycles. The fourth-order valence-electron chi connectivity index (χ4n) is 2.34. The van der Waals surface area contributed by atoms with Crippen molar-refractivity contribution in [2.75, 3.05) is 0 Å². The molecular weight excluding hydrogens is 262 g/mol. The first-order valence-corrected chi connectivity index (χ1v) is 6.95. The fraction of sp³-hybridized carbons (Fsp3) is 0.176. The van der Waals surface area contributed by atoms with Crippen LogP contribution in [0.1, 0.15) is 16.7 Å². The Balaban J connectivity index is 1.75. The molecule has 3 rings (SSSR count). The predicted molar refractivity (Wildman–Crippen MR) is 84.1 cm³/mol. The van der Waals surface area contributed by atoms with E-state index < -0.39 is 0 Å². The quantitative estimate of drug-likeness (QED) is 0.771. The van der Waals surface area contributed by atoms with Crippen molar-refractivity contribution in [1.29, 1.82) is 0 Å². The maximum absolute atomic E-state index is 12.0. The zero-order valence-corrected chi connectivity index (χ0v) is 11.9. The van der Waals surface area contributed by atoms with Crippen molar-refractivity contribution in [1.82, 2.24) is 15.3 Å². The summed E-state index contributed by atoms with van der Waals surface area (Å²) in [5.74, 6) is 0. The highest BCUT2D eigenvalue weighted by Crippen LogP contribution is 2.10. The van der Waals surface area contributed by atoms with Crippen molar-refractivity contribution < 1.29 is 0 Å². The van der Waals surface area contributed by atoms with Gasteiger partial charge >= 0.3 is 0 Å². The van der Waals surface area contributed by atoms with Crippen molar-refractivity contribution in [2.45, 2.75) is 20.0 Å². The lowest BCUT2D eigenvalue weighted by Crippen LogP contribution is -2.21. The van der Waals surface area contributed by atoms with Gasteiger partial charge in [-0.15, -0.1) is 0 Å². The van der Waals surface area contributed by atoms with Gasteiger partial charge in [0.25, 0.3) is 5.56 Å². The molecule has 3 aromatic rings. The Kier molecular flexibility index (Phi) is 3.79. The lowest BCUT2D eigenvalue weighted by atomic mass is 10.1. The van der Waals surface area contributed by atoms with Crippen LogP contribution in [0.5, 0.6) is 0 Å². The molecule has 2 aromatic heterocycles. The standard InChI is InChI=1S/C17H17N3O/c1-12-6-7-18-10-15(12)11-19-9-14-8-13-4-2-3-5-16(13)20-17(14)21/h2-8,10,19H,9,11H2,1H3,(H,20,21). The first-order chi connectivity index (χ1) is 10.2. The van der Waals surface area contributed by atoms with Crippen LogP contribution in [-0.2, 0) is 13.1 Å². The van der Waals surface area contributed by atoms with E-state index >= 15 is 0 Å². The molecule has 0 unspecified atom stereocenters. The van der Waals surface area contributed by atoms with Crippen LogP contribution in [0.4, 0.5) is 0 Å². The van der Waals surface area contributed by atoms with Crippen LogP contribution in [0, 0.1) is 6.92 Å². The summed E-state index contributed by atoms with van der Waals surface area (Å²) in [4.78, 5) is 19.1. The van der Waals surface area contributed by atoms with E-state index in [1.54, 1.807) is 6.20 Å². The number of pyridine rings is 2. The first kappa shape index (κ1) is 13.5. The van der Waals surface area contributed by atoms with E-state index in [0.717, 1.165) is 22.0 Å². The van der Waals surface area contributed by atoms with Gasteiger partial charge in [-0.2, -0.15) is 0 Å². The number of nitrogens with zero attached hydrogens (tertiary/aromatic N) is 1. The highest BCUT2D eigenvalue weighted by molar-refractivity contribution is 5.78. The highest BCUT2D eigenvalue weighted by atomic mass is 16.1. The molecule has 21 heavy (non-hydrogen) atoms. The van der Waals surface area contributed by atoms with Gasteiger partial charge in [-0.3, -0.25) is 9.78 Å². The van der Waals surface area contributed by atoms with Crippen LogP contribution in [0.3, 0.4) is 0 Å². The summed E-state index contributed by atoms with van der Waals surface area (Å²) < 4.78 is 0. The molecule has 2 heterocycles. The van der Waals surface area contributed by atoms with Crippen molar-refractivity contribution in [3.05, 3.63) is 75.8 Å². The van der Waals surface area contributed by atoms with E-state index in [1.165, 1.54) is 5.56 Å². The number of aromatic amines is 1. The Morgan fingerprint density at radius 1 is 1.14 bits per heavy atom. The topological polar surface area (TPSA) is 57.8 Å². The average Bonchev–Trinajstić information content (AvgIpc) is 2.49. The number of hydrogen-bond donors (Lipinski definition) is 2. The maximum atomic E-state index is 12.0. The molecule has 0 fully saturated rings. The smallest absolute Gasteiger partial charge is 0.252 e. The second kappa shape index (κ2) is 5.89. The van der Waals surface area contributed by atoms with Gasteiger partial charge in [-0.05, 0) is 41.6 Å². The van der Waals surface area contributed by atoms with Crippen LogP contribution in [0.2, 0.25) is 0 Å². The Hall–Kier alpha value is -2.46. The average molecular weight is 279 g/mol. The normalized spacial score (nSPS) is 10.9. The van der Waals surface area contributed by atoms with Crippen LogP contribution >= 0.6 is 0 Å². The second-order valence-electron chi connectivity index (χ2n) is 5.12. The molecule has 0 atom stereocenters. The lowest BCUT2D eigenvalue weighted by molar-refractivity contribution is 0.684. The number of benzene rings is 1. The van der Waals surface area contributed by atoms with Gasteiger partial charge in [0.2, 0.25) is 0 Å². The third-order valence-corrected chi connectivity index (χ3v) is 3.61. The van der Waals surface area contributed by atoms with Crippen LogP contribution in [-0.4, -0.2) is 9.97 Å². The van der Waals surface area contributed by atoms with E-state index in [2.05, 4.69) is 22.2 Å². The maximum Gasteiger partial charge on any atom is 0.252 e. The monoisotopic (exact) mass is 279 g/mol. The zero-order valence-electron chi connectivity index (χ0n) is 11.9. The van der Waals surface area contributed by atoms with Gasteiger partial charge < -0.3 is 10.3 Å². The van der Waals surface area contributed by atoms with Gasteiger partial charge in [0.1, 0.15) is 0 Å². The number of H-pyrrole nitrogens is 1. The SMILES string of the molecule is Cc1ccncc1CNCc1cc2ccccc2[nH]c1=O. The summed E-state index contributed by atoms with van der Waals surface area (Å²) >= 11 is 0. The minimum Gasteiger partial charge on any atom is -0.322 e. The van der Waals surface area contributed by atoms with E-state index in [-0.39, 0.29) is 5.56 Å². The van der Waals surface area contributed by atoms with Gasteiger partial charge in [-0.25, -0.2) is 0 Å². The molecule has 106 valence electrons. The Morgan fingerprint density at radius 3 is 2.81 bits per heavy atom. The number of para-hydroxylation sites is 1. The molecule has 4 heteroatoms. The van der Waals surface area contributed by atoms with E-state index in [1.807, 2.05) is 42.6 Å². The summed E-state index contributed by atoms with van der Waals surface area (Å²) in [5, 5.41) is 4.35. The number of rotatable bonds is 4. The third-order valence-electron chi connectivity index (χ3n) is 3.61. The van der Waals surface area contributed by atoms with E-state index in [4.69, 9.17) is 0 Å². The van der Waals surface area contributed by atoms with E-state index in [9.17, 15) is 4.79 Å². The van der Waals surface area contributed by atoms with Crippen molar-refractivity contribution in [3.8, 4) is 0 Å². The second-order valence-corrected chi connectivity index (χ2v) is 5.12. The molecule has 0 radical (unpaired) electrons. The predicted octanol–water partition coefficient (Wildman–Crippen LogP) is 2.52. The van der Waals surface area contributed by atoms with Crippen LogP contribution in [0.15, 0.2) is 53.6 Å². The van der Waals surface area contributed by atoms with E-state index in [0.29, 0.717) is 13.1 Å². The molecular formula is C17H17N3O. The van der Waals surface area contributed by atoms with Gasteiger partial charge in [-0.1, -0.05) is 18.2 Å². The molecule has 0 amide bonds. The molecule has 0 bridgehead atoms. The summed E-state index contributed by atoms with van der Waals surface area (Å²) in [6, 6.07) is 11.7. The highest BCUT2D eigenvalue weighted by Gasteiger charge is 2.03. The van der Waals surface area contributed by atoms with Gasteiger partial charge in [0, 0.05) is 36.6 Å². The molecule has 0 aliphatic carbocycles.